The number of carbonyl (C=O) groups excluding carboxylic acids is 1. The quantitative estimate of drug-likeness (QED) is 0.391. The molecular weight excluding hydrogens is 478 g/mol. The fourth-order valence-corrected chi connectivity index (χ4v) is 4.82. The van der Waals surface area contributed by atoms with Crippen LogP contribution < -0.4 is 10.3 Å². The van der Waals surface area contributed by atoms with E-state index in [-0.39, 0.29) is 16.8 Å². The largest absolute Gasteiger partial charge is 0.450 e. The minimum Gasteiger partial charge on any atom is -0.450 e. The van der Waals surface area contributed by atoms with Crippen LogP contribution in [0.1, 0.15) is 32.7 Å². The molecule has 1 unspecified atom stereocenters. The summed E-state index contributed by atoms with van der Waals surface area (Å²) in [6.07, 6.45) is 0. The van der Waals surface area contributed by atoms with Gasteiger partial charge in [0.2, 0.25) is 10.9 Å². The molecule has 0 bridgehead atoms. The van der Waals surface area contributed by atoms with Crippen molar-refractivity contribution in [3.05, 3.63) is 84.1 Å². The molecule has 0 spiro atoms. The number of aromatic nitrogens is 2. The van der Waals surface area contributed by atoms with Crippen molar-refractivity contribution < 1.29 is 9.21 Å². The monoisotopic (exact) mass is 487 g/mol. The van der Waals surface area contributed by atoms with Crippen molar-refractivity contribution >= 4 is 60.9 Å². The molecule has 0 radical (unpaired) electrons. The molecule has 144 valence electrons. The Morgan fingerprint density at radius 2 is 2.00 bits per heavy atom. The van der Waals surface area contributed by atoms with Gasteiger partial charge < -0.3 is 4.42 Å². The molecule has 0 saturated carbocycles. The van der Waals surface area contributed by atoms with Crippen LogP contribution in [0.5, 0.6) is 0 Å². The van der Waals surface area contributed by atoms with Gasteiger partial charge in [0.1, 0.15) is 10.6 Å². The fourth-order valence-electron chi connectivity index (χ4n) is 3.52. The highest BCUT2D eigenvalue weighted by Gasteiger charge is 2.45. The van der Waals surface area contributed by atoms with Gasteiger partial charge in [0.05, 0.1) is 17.0 Å². The summed E-state index contributed by atoms with van der Waals surface area (Å²) >= 11 is 10.8. The Hall–Kier alpha value is -2.55. The highest BCUT2D eigenvalue weighted by Crippen LogP contribution is 2.42. The zero-order valence-corrected chi connectivity index (χ0v) is 18.0. The molecule has 1 atom stereocenters. The minimum absolute atomic E-state index is 0.0163. The number of aryl methyl sites for hydroxylation is 1. The number of halogens is 2. The van der Waals surface area contributed by atoms with Gasteiger partial charge in [-0.15, -0.1) is 10.2 Å². The van der Waals surface area contributed by atoms with Crippen molar-refractivity contribution in [2.45, 2.75) is 13.0 Å². The average Bonchev–Trinajstić information content (AvgIpc) is 3.24. The highest BCUT2D eigenvalue weighted by atomic mass is 79.9. The maximum Gasteiger partial charge on any atom is 0.297 e. The van der Waals surface area contributed by atoms with Crippen LogP contribution in [-0.2, 0) is 0 Å². The molecule has 1 amide bonds. The molecular formula is C20H11BrClN3O3S. The number of nitrogens with zero attached hydrogens (tertiary/aromatic N) is 3. The summed E-state index contributed by atoms with van der Waals surface area (Å²) in [4.78, 5) is 28.2. The number of fused-ring (bicyclic) bond motifs is 2. The van der Waals surface area contributed by atoms with E-state index in [1.165, 1.54) is 16.2 Å². The molecule has 2 aromatic heterocycles. The van der Waals surface area contributed by atoms with Gasteiger partial charge in [-0.3, -0.25) is 14.5 Å². The number of anilines is 1. The van der Waals surface area contributed by atoms with Crippen molar-refractivity contribution in [1.29, 1.82) is 0 Å². The molecule has 0 saturated heterocycles. The SMILES string of the molecule is Cc1nnc(N2C(=O)c3oc4ccc(Cl)cc4c(=O)c3C2c2cccc(Br)c2)s1. The number of amides is 1. The first-order valence-electron chi connectivity index (χ1n) is 8.59. The van der Waals surface area contributed by atoms with E-state index < -0.39 is 11.9 Å². The van der Waals surface area contributed by atoms with Crippen molar-refractivity contribution in [1.82, 2.24) is 10.2 Å². The van der Waals surface area contributed by atoms with Gasteiger partial charge in [0, 0.05) is 9.50 Å². The number of hydrogen-bond donors (Lipinski definition) is 0. The van der Waals surface area contributed by atoms with E-state index in [2.05, 4.69) is 26.1 Å². The minimum atomic E-state index is -0.679. The number of benzene rings is 2. The number of rotatable bonds is 2. The van der Waals surface area contributed by atoms with E-state index in [4.69, 9.17) is 16.0 Å². The lowest BCUT2D eigenvalue weighted by Crippen LogP contribution is -2.29. The Morgan fingerprint density at radius 1 is 1.17 bits per heavy atom. The van der Waals surface area contributed by atoms with Gasteiger partial charge >= 0.3 is 0 Å². The molecule has 1 aliphatic rings. The summed E-state index contributed by atoms with van der Waals surface area (Å²) in [5.41, 5.74) is 1.06. The standard InChI is InChI=1S/C20H11BrClN3O3S/c1-9-23-24-20(29-9)25-16(10-3-2-4-11(21)7-10)15-17(26)13-8-12(22)5-6-14(13)28-18(15)19(25)27/h2-8,16H,1H3. The van der Waals surface area contributed by atoms with Crippen LogP contribution in [0, 0.1) is 6.92 Å². The van der Waals surface area contributed by atoms with Crippen LogP contribution in [0.2, 0.25) is 5.02 Å². The summed E-state index contributed by atoms with van der Waals surface area (Å²) in [7, 11) is 0. The molecule has 2 aromatic carbocycles. The van der Waals surface area contributed by atoms with Crippen molar-refractivity contribution in [3.63, 3.8) is 0 Å². The molecule has 3 heterocycles. The second-order valence-electron chi connectivity index (χ2n) is 6.55. The summed E-state index contributed by atoms with van der Waals surface area (Å²) in [6.45, 7) is 1.81. The van der Waals surface area contributed by atoms with E-state index in [9.17, 15) is 9.59 Å². The van der Waals surface area contributed by atoms with Crippen molar-refractivity contribution in [2.24, 2.45) is 0 Å². The van der Waals surface area contributed by atoms with Crippen molar-refractivity contribution in [2.75, 3.05) is 4.90 Å². The maximum atomic E-state index is 13.4. The van der Waals surface area contributed by atoms with Crippen LogP contribution in [0.15, 0.2) is 56.1 Å². The van der Waals surface area contributed by atoms with E-state index in [1.807, 2.05) is 31.2 Å². The second-order valence-corrected chi connectivity index (χ2v) is 9.06. The fraction of sp³-hybridized carbons (Fsp3) is 0.100. The molecule has 5 rings (SSSR count). The average molecular weight is 489 g/mol. The lowest BCUT2D eigenvalue weighted by Gasteiger charge is -2.22. The van der Waals surface area contributed by atoms with Gasteiger partial charge in [-0.05, 0) is 42.8 Å². The third-order valence-corrected chi connectivity index (χ3v) is 6.28. The van der Waals surface area contributed by atoms with Crippen molar-refractivity contribution in [3.8, 4) is 0 Å². The summed E-state index contributed by atoms with van der Waals surface area (Å²) in [5, 5.41) is 10.0. The zero-order valence-electron chi connectivity index (χ0n) is 14.8. The molecule has 0 fully saturated rings. The Morgan fingerprint density at radius 3 is 2.72 bits per heavy atom. The van der Waals surface area contributed by atoms with E-state index in [1.54, 1.807) is 18.2 Å². The second kappa shape index (κ2) is 6.76. The van der Waals surface area contributed by atoms with E-state index in [0.717, 1.165) is 10.0 Å². The molecule has 0 N–H and O–H groups in total. The van der Waals surface area contributed by atoms with Crippen LogP contribution in [0.25, 0.3) is 11.0 Å². The Labute approximate surface area is 181 Å². The normalized spacial score (nSPS) is 15.9. The Bertz CT molecular complexity index is 1370. The first-order chi connectivity index (χ1) is 13.9. The zero-order chi connectivity index (χ0) is 20.3. The predicted molar refractivity (Wildman–Crippen MR) is 115 cm³/mol. The molecule has 29 heavy (non-hydrogen) atoms. The Balaban J connectivity index is 1.84. The summed E-state index contributed by atoms with van der Waals surface area (Å²) in [6, 6.07) is 11.6. The molecule has 0 aliphatic carbocycles. The van der Waals surface area contributed by atoms with E-state index in [0.29, 0.717) is 26.1 Å². The molecule has 4 aromatic rings. The Kier molecular flexibility index (Phi) is 4.31. The third kappa shape index (κ3) is 2.90. The van der Waals surface area contributed by atoms with Gasteiger partial charge in [-0.25, -0.2) is 0 Å². The molecule has 9 heteroatoms. The van der Waals surface area contributed by atoms with Crippen LogP contribution in [0.3, 0.4) is 0 Å². The summed E-state index contributed by atoms with van der Waals surface area (Å²) < 4.78 is 6.72. The van der Waals surface area contributed by atoms with Gasteiger partial charge in [0.15, 0.2) is 5.43 Å². The van der Waals surface area contributed by atoms with E-state index >= 15 is 0 Å². The number of carbonyl (C=O) groups is 1. The first kappa shape index (κ1) is 18.5. The van der Waals surface area contributed by atoms with Gasteiger partial charge in [-0.2, -0.15) is 0 Å². The molecule has 6 nitrogen and oxygen atoms in total. The third-order valence-electron chi connectivity index (χ3n) is 4.72. The summed E-state index contributed by atoms with van der Waals surface area (Å²) in [5.74, 6) is -0.405. The predicted octanol–water partition coefficient (Wildman–Crippen LogP) is 5.12. The van der Waals surface area contributed by atoms with Crippen LogP contribution >= 0.6 is 38.9 Å². The van der Waals surface area contributed by atoms with Crippen LogP contribution in [0.4, 0.5) is 5.13 Å². The topological polar surface area (TPSA) is 76.3 Å². The number of hydrogen-bond acceptors (Lipinski definition) is 6. The lowest BCUT2D eigenvalue weighted by atomic mass is 9.99. The van der Waals surface area contributed by atoms with Gasteiger partial charge in [0.25, 0.3) is 5.91 Å². The first-order valence-corrected chi connectivity index (χ1v) is 10.6. The molecule has 1 aliphatic heterocycles. The lowest BCUT2D eigenvalue weighted by molar-refractivity contribution is 0.0970. The highest BCUT2D eigenvalue weighted by molar-refractivity contribution is 9.10. The van der Waals surface area contributed by atoms with Crippen LogP contribution in [-0.4, -0.2) is 16.1 Å². The maximum absolute atomic E-state index is 13.4. The van der Waals surface area contributed by atoms with Gasteiger partial charge in [-0.1, -0.05) is 51.0 Å². The smallest absolute Gasteiger partial charge is 0.297 e.